The monoisotopic (exact) mass is 630 g/mol. The Morgan fingerprint density at radius 3 is 2.49 bits per heavy atom. The summed E-state index contributed by atoms with van der Waals surface area (Å²) in [4.78, 5) is 30.8. The zero-order valence-electron chi connectivity index (χ0n) is 26.8. The van der Waals surface area contributed by atoms with Gasteiger partial charge in [-0.2, -0.15) is 10.1 Å². The summed E-state index contributed by atoms with van der Waals surface area (Å²) in [5.41, 5.74) is 4.30. The van der Waals surface area contributed by atoms with Gasteiger partial charge in [0.1, 0.15) is 11.3 Å². The molecular weight excluding hydrogens is 591 g/mol. The van der Waals surface area contributed by atoms with Crippen LogP contribution in [0, 0.1) is 12.7 Å². The first-order valence-electron chi connectivity index (χ1n) is 15.8. The van der Waals surface area contributed by atoms with Gasteiger partial charge >= 0.3 is 0 Å². The molecule has 11 heteroatoms. The second-order valence-corrected chi connectivity index (χ2v) is 13.7. The highest BCUT2D eigenvalue weighted by Crippen LogP contribution is 2.48. The molecule has 2 saturated heterocycles. The van der Waals surface area contributed by atoms with Crippen molar-refractivity contribution in [3.05, 3.63) is 53.0 Å². The van der Waals surface area contributed by atoms with E-state index in [1.54, 1.807) is 0 Å². The summed E-state index contributed by atoms with van der Waals surface area (Å²) < 4.78 is 19.2. The van der Waals surface area contributed by atoms with E-state index in [0.29, 0.717) is 52.8 Å². The zero-order valence-corrected chi connectivity index (χ0v) is 27.6. The number of anilines is 2. The first-order valence-corrected chi connectivity index (χ1v) is 16.1. The number of carbonyl (C=O) groups excluding carboxylic acids is 1. The lowest BCUT2D eigenvalue weighted by atomic mass is 9.93. The minimum absolute atomic E-state index is 0.0732. The Bertz CT molecular complexity index is 1860. The number of hydrogen-bond acceptors (Lipinski definition) is 7. The van der Waals surface area contributed by atoms with Crippen molar-refractivity contribution in [1.82, 2.24) is 29.5 Å². The first kappa shape index (κ1) is 29.9. The molecule has 2 aromatic heterocycles. The highest BCUT2D eigenvalue weighted by Gasteiger charge is 2.37. The topological polar surface area (TPSA) is 73.6 Å². The Morgan fingerprint density at radius 2 is 1.82 bits per heavy atom. The van der Waals surface area contributed by atoms with Gasteiger partial charge in [0.05, 0.1) is 16.2 Å². The second-order valence-electron chi connectivity index (χ2n) is 13.3. The lowest BCUT2D eigenvalue weighted by Gasteiger charge is -2.45. The van der Waals surface area contributed by atoms with Gasteiger partial charge in [-0.1, -0.05) is 24.2 Å². The van der Waals surface area contributed by atoms with E-state index in [2.05, 4.69) is 48.4 Å². The second kappa shape index (κ2) is 10.9. The first-order chi connectivity index (χ1) is 21.5. The van der Waals surface area contributed by atoms with Crippen LogP contribution in [0.3, 0.4) is 0 Å². The van der Waals surface area contributed by atoms with Gasteiger partial charge in [0.2, 0.25) is 11.9 Å². The molecule has 4 heterocycles. The molecule has 0 bridgehead atoms. The molecule has 2 atom stereocenters. The number of piperazine rings is 1. The number of halogens is 2. The molecular formula is C34H40ClFN8O. The maximum absolute atomic E-state index is 17.3. The largest absolute Gasteiger partial charge is 0.349 e. The molecule has 0 spiro atoms. The smallest absolute Gasteiger partial charge is 0.246 e. The van der Waals surface area contributed by atoms with Crippen molar-refractivity contribution in [3.63, 3.8) is 0 Å². The predicted molar refractivity (Wildman–Crippen MR) is 179 cm³/mol. The van der Waals surface area contributed by atoms with Crippen LogP contribution in [0.25, 0.3) is 32.9 Å². The third-order valence-electron chi connectivity index (χ3n) is 9.91. The van der Waals surface area contributed by atoms with Gasteiger partial charge in [0.25, 0.3) is 0 Å². The van der Waals surface area contributed by atoms with E-state index in [9.17, 15) is 4.79 Å². The van der Waals surface area contributed by atoms with Crippen LogP contribution < -0.4 is 9.80 Å². The summed E-state index contributed by atoms with van der Waals surface area (Å²) in [6, 6.07) is 6.11. The van der Waals surface area contributed by atoms with E-state index < -0.39 is 5.82 Å². The number of aryl methyl sites for hydroxylation is 2. The Morgan fingerprint density at radius 1 is 1.09 bits per heavy atom. The number of carbonyl (C=O) groups is 1. The van der Waals surface area contributed by atoms with Crippen molar-refractivity contribution in [3.8, 4) is 11.1 Å². The van der Waals surface area contributed by atoms with Gasteiger partial charge < -0.3 is 19.6 Å². The van der Waals surface area contributed by atoms with Crippen LogP contribution in [-0.4, -0.2) is 93.9 Å². The van der Waals surface area contributed by atoms with E-state index in [-0.39, 0.29) is 23.5 Å². The summed E-state index contributed by atoms with van der Waals surface area (Å²) in [5, 5.41) is 6.72. The lowest BCUT2D eigenvalue weighted by molar-refractivity contribution is -0.128. The number of aromatic nitrogens is 4. The van der Waals surface area contributed by atoms with Crippen LogP contribution in [0.15, 0.2) is 30.9 Å². The number of benzene rings is 2. The summed E-state index contributed by atoms with van der Waals surface area (Å²) in [6.45, 7) is 12.3. The Hall–Kier alpha value is -3.76. The Kier molecular flexibility index (Phi) is 7.28. The van der Waals surface area contributed by atoms with Gasteiger partial charge in [-0.3, -0.25) is 9.48 Å². The van der Waals surface area contributed by atoms with E-state index in [1.807, 2.05) is 42.6 Å². The van der Waals surface area contributed by atoms with Crippen LogP contribution in [0.4, 0.5) is 16.2 Å². The molecule has 0 radical (unpaired) electrons. The van der Waals surface area contributed by atoms with Gasteiger partial charge in [-0.05, 0) is 71.5 Å². The third-order valence-corrected chi connectivity index (χ3v) is 10.2. The molecule has 3 aliphatic rings. The number of likely N-dealkylation sites (N-methyl/N-ethyl adjacent to an activating group) is 1. The number of fused-ring (bicyclic) bond motifs is 2. The van der Waals surface area contributed by atoms with Crippen LogP contribution in [0.5, 0.6) is 0 Å². The summed E-state index contributed by atoms with van der Waals surface area (Å²) in [6.07, 6.45) is 3.52. The average Bonchev–Trinajstić information content (AvgIpc) is 3.76. The van der Waals surface area contributed by atoms with E-state index >= 15 is 4.39 Å². The molecule has 9 nitrogen and oxygen atoms in total. The van der Waals surface area contributed by atoms with Gasteiger partial charge in [-0.15, -0.1) is 0 Å². The standard InChI is InChI=1S/C34H40ClFN8O/c1-8-26(45)43-14-20(4)44(15-19(43)3)33-23-13-24(35)28(30(36)32(23)37-34(38-33)42-16-22(17-42)40(5)6)27-18(2)9-12-25-29(27)31(21-10-11-21)39-41(25)7/h8-9,12-13,19-22H,1,10-11,14-17H2,2-7H3/t19-,20+/m1/s1. The SMILES string of the molecule is C=CC(=O)N1C[C@H](C)N(c2nc(N3CC(N(C)C)C3)nc3c(F)c(-c4c(C)ccc5c4c(C4CC4)nn5C)c(Cl)cc23)C[C@H]1C. The molecule has 2 aliphatic heterocycles. The van der Waals surface area contributed by atoms with E-state index in [1.165, 1.54) is 6.08 Å². The molecule has 0 unspecified atom stereocenters. The molecule has 236 valence electrons. The van der Waals surface area contributed by atoms with Gasteiger partial charge in [-0.25, -0.2) is 9.37 Å². The van der Waals surface area contributed by atoms with Crippen molar-refractivity contribution < 1.29 is 9.18 Å². The minimum atomic E-state index is -0.450. The molecule has 0 N–H and O–H groups in total. The van der Waals surface area contributed by atoms with Crippen molar-refractivity contribution in [2.75, 3.05) is 50.1 Å². The van der Waals surface area contributed by atoms with Crippen LogP contribution in [-0.2, 0) is 11.8 Å². The number of rotatable bonds is 6. The Labute approximate surface area is 268 Å². The van der Waals surface area contributed by atoms with Crippen molar-refractivity contribution in [1.29, 1.82) is 0 Å². The molecule has 1 saturated carbocycles. The normalized spacial score (nSPS) is 20.9. The zero-order chi connectivity index (χ0) is 31.9. The minimum Gasteiger partial charge on any atom is -0.349 e. The molecule has 1 aliphatic carbocycles. The van der Waals surface area contributed by atoms with Crippen LogP contribution in [0.2, 0.25) is 5.02 Å². The van der Waals surface area contributed by atoms with Gasteiger partial charge in [0, 0.05) is 79.2 Å². The summed E-state index contributed by atoms with van der Waals surface area (Å²) >= 11 is 7.10. The fourth-order valence-electron chi connectivity index (χ4n) is 7.00. The highest BCUT2D eigenvalue weighted by atomic mass is 35.5. The predicted octanol–water partition coefficient (Wildman–Crippen LogP) is 5.52. The fraction of sp³-hybridized carbons (Fsp3) is 0.471. The van der Waals surface area contributed by atoms with Crippen LogP contribution in [0.1, 0.15) is 43.9 Å². The van der Waals surface area contributed by atoms with Crippen molar-refractivity contribution in [2.24, 2.45) is 7.05 Å². The molecule has 3 fully saturated rings. The number of nitrogens with zero attached hydrogens (tertiary/aromatic N) is 8. The maximum atomic E-state index is 17.3. The van der Waals surface area contributed by atoms with Gasteiger partial charge in [0.15, 0.2) is 5.82 Å². The molecule has 1 amide bonds. The fourth-order valence-corrected chi connectivity index (χ4v) is 7.29. The van der Waals surface area contributed by atoms with Crippen LogP contribution >= 0.6 is 11.6 Å². The van der Waals surface area contributed by atoms with Crippen molar-refractivity contribution >= 4 is 51.1 Å². The number of hydrogen-bond donors (Lipinski definition) is 0. The number of amides is 1. The van der Waals surface area contributed by atoms with E-state index in [4.69, 9.17) is 26.7 Å². The van der Waals surface area contributed by atoms with Crippen molar-refractivity contribution in [2.45, 2.75) is 57.7 Å². The molecule has 2 aromatic carbocycles. The van der Waals surface area contributed by atoms with E-state index in [0.717, 1.165) is 53.7 Å². The average molecular weight is 631 g/mol. The lowest BCUT2D eigenvalue weighted by Crippen LogP contribution is -2.59. The molecule has 7 rings (SSSR count). The Balaban J connectivity index is 1.43. The highest BCUT2D eigenvalue weighted by molar-refractivity contribution is 6.35. The maximum Gasteiger partial charge on any atom is 0.246 e. The summed E-state index contributed by atoms with van der Waals surface area (Å²) in [7, 11) is 6.07. The summed E-state index contributed by atoms with van der Waals surface area (Å²) in [5.74, 6) is 0.970. The molecule has 45 heavy (non-hydrogen) atoms. The third kappa shape index (κ3) is 4.84. The molecule has 4 aromatic rings. The quantitative estimate of drug-likeness (QED) is 0.260.